The first kappa shape index (κ1) is 17.0. The van der Waals surface area contributed by atoms with E-state index in [0.717, 1.165) is 15.8 Å². The normalized spacial score (nSPS) is 12.2. The maximum Gasteiger partial charge on any atom is 0.257 e. The van der Waals surface area contributed by atoms with Crippen molar-refractivity contribution in [3.63, 3.8) is 0 Å². The summed E-state index contributed by atoms with van der Waals surface area (Å²) in [5.41, 5.74) is 2.18. The highest BCUT2D eigenvalue weighted by Crippen LogP contribution is 2.32. The summed E-state index contributed by atoms with van der Waals surface area (Å²) in [6.07, 6.45) is 0. The summed E-state index contributed by atoms with van der Waals surface area (Å²) in [6.45, 7) is 2.09. The number of amides is 1. The number of thiocarbonyl (C=S) groups is 1. The highest BCUT2D eigenvalue weighted by Gasteiger charge is 2.17. The van der Waals surface area contributed by atoms with Crippen LogP contribution in [0.2, 0.25) is 5.02 Å². The Balaban J connectivity index is 1.46. The molecule has 0 radical (unpaired) electrons. The fraction of sp³-hybridized carbons (Fsp3) is 0.118. The van der Waals surface area contributed by atoms with Crippen LogP contribution >= 0.6 is 35.2 Å². The molecule has 2 heterocycles. The van der Waals surface area contributed by atoms with Gasteiger partial charge in [-0.3, -0.25) is 10.1 Å². The van der Waals surface area contributed by atoms with Gasteiger partial charge < -0.3 is 14.8 Å². The third-order valence-corrected chi connectivity index (χ3v) is 5.30. The highest BCUT2D eigenvalue weighted by atomic mass is 35.5. The van der Waals surface area contributed by atoms with Crippen LogP contribution in [0.4, 0.5) is 5.13 Å². The van der Waals surface area contributed by atoms with Gasteiger partial charge in [0.25, 0.3) is 5.91 Å². The number of carbonyl (C=O) groups excluding carboxylic acids is 1. The van der Waals surface area contributed by atoms with Gasteiger partial charge in [-0.2, -0.15) is 0 Å². The summed E-state index contributed by atoms with van der Waals surface area (Å²) >= 11 is 12.8. The van der Waals surface area contributed by atoms with Gasteiger partial charge in [0.2, 0.25) is 6.79 Å². The van der Waals surface area contributed by atoms with Crippen molar-refractivity contribution in [1.29, 1.82) is 0 Å². The van der Waals surface area contributed by atoms with Crippen molar-refractivity contribution in [3.05, 3.63) is 46.5 Å². The molecule has 1 aliphatic heterocycles. The van der Waals surface area contributed by atoms with Crippen molar-refractivity contribution in [2.75, 3.05) is 12.1 Å². The van der Waals surface area contributed by atoms with E-state index in [9.17, 15) is 4.79 Å². The number of aryl methyl sites for hydroxylation is 1. The number of ether oxygens (including phenoxy) is 2. The molecule has 1 amide bonds. The number of nitrogens with one attached hydrogen (secondary N) is 2. The number of halogens is 1. The molecule has 1 aliphatic rings. The zero-order chi connectivity index (χ0) is 18.3. The van der Waals surface area contributed by atoms with Gasteiger partial charge in [0.05, 0.1) is 10.2 Å². The van der Waals surface area contributed by atoms with E-state index in [4.69, 9.17) is 33.3 Å². The molecule has 0 spiro atoms. The quantitative estimate of drug-likeness (QED) is 0.625. The Morgan fingerprint density at radius 3 is 2.92 bits per heavy atom. The third kappa shape index (κ3) is 3.31. The topological polar surface area (TPSA) is 72.5 Å². The second kappa shape index (κ2) is 6.71. The minimum absolute atomic E-state index is 0.154. The lowest BCUT2D eigenvalue weighted by Gasteiger charge is -2.07. The second-order valence-corrected chi connectivity index (χ2v) is 7.41. The molecule has 0 fully saturated rings. The van der Waals surface area contributed by atoms with E-state index in [1.165, 1.54) is 11.3 Å². The molecule has 26 heavy (non-hydrogen) atoms. The Hall–Kier alpha value is -2.42. The van der Waals surface area contributed by atoms with Crippen LogP contribution in [0.1, 0.15) is 15.9 Å². The largest absolute Gasteiger partial charge is 0.454 e. The van der Waals surface area contributed by atoms with Crippen LogP contribution in [0.25, 0.3) is 10.2 Å². The molecule has 2 aromatic carbocycles. The molecule has 0 saturated heterocycles. The van der Waals surface area contributed by atoms with Crippen molar-refractivity contribution in [2.24, 2.45) is 0 Å². The number of anilines is 1. The first-order valence-corrected chi connectivity index (χ1v) is 9.18. The molecule has 0 saturated carbocycles. The molecule has 9 heteroatoms. The van der Waals surface area contributed by atoms with E-state index in [1.807, 2.05) is 19.1 Å². The number of fused-ring (bicyclic) bond motifs is 2. The van der Waals surface area contributed by atoms with Crippen molar-refractivity contribution in [2.45, 2.75) is 6.92 Å². The average Bonchev–Trinajstić information content (AvgIpc) is 3.20. The Morgan fingerprint density at radius 2 is 2.08 bits per heavy atom. The summed E-state index contributed by atoms with van der Waals surface area (Å²) in [5, 5.41) is 6.96. The van der Waals surface area contributed by atoms with Gasteiger partial charge in [0, 0.05) is 10.6 Å². The number of thiazole rings is 1. The predicted molar refractivity (Wildman–Crippen MR) is 106 cm³/mol. The Kier molecular flexibility index (Phi) is 4.39. The van der Waals surface area contributed by atoms with Gasteiger partial charge in [-0.25, -0.2) is 4.98 Å². The van der Waals surface area contributed by atoms with Crippen LogP contribution < -0.4 is 20.1 Å². The molecule has 1 aromatic heterocycles. The number of aromatic nitrogens is 1. The fourth-order valence-electron chi connectivity index (χ4n) is 2.44. The van der Waals surface area contributed by atoms with Crippen molar-refractivity contribution in [1.82, 2.24) is 10.3 Å². The van der Waals surface area contributed by atoms with Crippen molar-refractivity contribution in [3.8, 4) is 11.5 Å². The summed E-state index contributed by atoms with van der Waals surface area (Å²) < 4.78 is 11.5. The fourth-order valence-corrected chi connectivity index (χ4v) is 3.81. The van der Waals surface area contributed by atoms with E-state index in [2.05, 4.69) is 15.6 Å². The summed E-state index contributed by atoms with van der Waals surface area (Å²) in [7, 11) is 0. The Morgan fingerprint density at radius 1 is 1.27 bits per heavy atom. The highest BCUT2D eigenvalue weighted by molar-refractivity contribution is 7.80. The molecular formula is C17H12ClN3O3S2. The zero-order valence-corrected chi connectivity index (χ0v) is 15.8. The monoisotopic (exact) mass is 405 g/mol. The number of nitrogens with zero attached hydrogens (tertiary/aromatic N) is 1. The maximum absolute atomic E-state index is 12.3. The summed E-state index contributed by atoms with van der Waals surface area (Å²) in [4.78, 5) is 16.8. The van der Waals surface area contributed by atoms with E-state index in [1.54, 1.807) is 18.2 Å². The third-order valence-electron chi connectivity index (χ3n) is 3.75. The van der Waals surface area contributed by atoms with Gasteiger partial charge in [-0.05, 0) is 55.0 Å². The van der Waals surface area contributed by atoms with Crippen LogP contribution in [0, 0.1) is 6.92 Å². The molecule has 0 bridgehead atoms. The Labute approximate surface area is 163 Å². The van der Waals surface area contributed by atoms with E-state index in [-0.39, 0.29) is 17.8 Å². The number of carbonyl (C=O) groups is 1. The van der Waals surface area contributed by atoms with Crippen LogP contribution in [0.3, 0.4) is 0 Å². The molecule has 6 nitrogen and oxygen atoms in total. The van der Waals surface area contributed by atoms with Crippen molar-refractivity contribution < 1.29 is 14.3 Å². The van der Waals surface area contributed by atoms with E-state index < -0.39 is 0 Å². The zero-order valence-electron chi connectivity index (χ0n) is 13.5. The molecular weight excluding hydrogens is 394 g/mol. The number of hydrogen-bond donors (Lipinski definition) is 2. The van der Waals surface area contributed by atoms with Gasteiger partial charge in [-0.15, -0.1) is 0 Å². The van der Waals surface area contributed by atoms with Gasteiger partial charge >= 0.3 is 0 Å². The molecule has 0 atom stereocenters. The molecule has 0 aliphatic carbocycles. The maximum atomic E-state index is 12.3. The number of rotatable bonds is 2. The lowest BCUT2D eigenvalue weighted by atomic mass is 10.2. The molecule has 4 rings (SSSR count). The first-order chi connectivity index (χ1) is 12.5. The first-order valence-electron chi connectivity index (χ1n) is 7.58. The molecule has 0 unspecified atom stereocenters. The van der Waals surface area contributed by atoms with E-state index >= 15 is 0 Å². The van der Waals surface area contributed by atoms with Crippen molar-refractivity contribution >= 4 is 61.5 Å². The van der Waals surface area contributed by atoms with Gasteiger partial charge in [0.1, 0.15) is 0 Å². The predicted octanol–water partition coefficient (Wildman–Crippen LogP) is 4.11. The lowest BCUT2D eigenvalue weighted by molar-refractivity contribution is 0.0977. The standard InChI is InChI=1S/C17H12ClN3O3S2/c1-8-4-14-11(6-10(8)18)19-17(26-14)21-16(25)20-15(22)9-2-3-12-13(5-9)24-7-23-12/h2-6H,7H2,1H3,(H2,19,20,21,22,25). The lowest BCUT2D eigenvalue weighted by Crippen LogP contribution is -2.34. The average molecular weight is 406 g/mol. The SMILES string of the molecule is Cc1cc2sc(NC(=S)NC(=O)c3ccc4c(c3)OCO4)nc2cc1Cl. The Bertz CT molecular complexity index is 1010. The smallest absolute Gasteiger partial charge is 0.257 e. The van der Waals surface area contributed by atoms with Crippen LogP contribution in [0.5, 0.6) is 11.5 Å². The second-order valence-electron chi connectivity index (χ2n) is 5.56. The minimum Gasteiger partial charge on any atom is -0.454 e. The number of benzene rings is 2. The minimum atomic E-state index is -0.346. The van der Waals surface area contributed by atoms with Crippen LogP contribution in [-0.2, 0) is 0 Å². The van der Waals surface area contributed by atoms with Gasteiger partial charge in [0.15, 0.2) is 21.7 Å². The van der Waals surface area contributed by atoms with Crippen LogP contribution in [0.15, 0.2) is 30.3 Å². The summed E-state index contributed by atoms with van der Waals surface area (Å²) in [6, 6.07) is 8.72. The summed E-state index contributed by atoms with van der Waals surface area (Å²) in [5.74, 6) is 0.807. The van der Waals surface area contributed by atoms with E-state index in [0.29, 0.717) is 27.2 Å². The molecule has 132 valence electrons. The molecule has 3 aromatic rings. The molecule has 2 N–H and O–H groups in total. The number of hydrogen-bond acceptors (Lipinski definition) is 6. The van der Waals surface area contributed by atoms with Gasteiger partial charge in [-0.1, -0.05) is 22.9 Å². The van der Waals surface area contributed by atoms with Crippen LogP contribution in [-0.4, -0.2) is 22.8 Å².